The highest BCUT2D eigenvalue weighted by Gasteiger charge is 2.04. The molecule has 0 aliphatic rings. The summed E-state index contributed by atoms with van der Waals surface area (Å²) in [7, 11) is 0. The largest absolute Gasteiger partial charge is 0.484 e. The van der Waals surface area contributed by atoms with E-state index in [-0.39, 0.29) is 18.4 Å². The zero-order valence-corrected chi connectivity index (χ0v) is 14.6. The number of halogens is 1. The van der Waals surface area contributed by atoms with E-state index in [1.165, 1.54) is 0 Å². The number of amides is 2. The van der Waals surface area contributed by atoms with Gasteiger partial charge in [0, 0.05) is 24.5 Å². The Bertz CT molecular complexity index is 675. The van der Waals surface area contributed by atoms with Gasteiger partial charge < -0.3 is 15.4 Å². The zero-order valence-electron chi connectivity index (χ0n) is 13.8. The van der Waals surface area contributed by atoms with E-state index in [2.05, 4.69) is 10.6 Å². The molecule has 0 saturated carbocycles. The lowest BCUT2D eigenvalue weighted by atomic mass is 10.1. The maximum Gasteiger partial charge on any atom is 0.258 e. The molecule has 0 aromatic heterocycles. The van der Waals surface area contributed by atoms with Crippen molar-refractivity contribution < 1.29 is 14.3 Å². The quantitative estimate of drug-likeness (QED) is 0.675. The number of para-hydroxylation sites is 1. The minimum Gasteiger partial charge on any atom is -0.484 e. The third kappa shape index (κ3) is 7.72. The second-order valence-corrected chi connectivity index (χ2v) is 5.86. The second-order valence-electron chi connectivity index (χ2n) is 5.43. The van der Waals surface area contributed by atoms with E-state index in [9.17, 15) is 9.59 Å². The number of carbonyl (C=O) groups is 2. The van der Waals surface area contributed by atoms with Crippen LogP contribution < -0.4 is 15.4 Å². The first-order valence-corrected chi connectivity index (χ1v) is 8.47. The van der Waals surface area contributed by atoms with Gasteiger partial charge in [0.05, 0.1) is 0 Å². The molecule has 0 aliphatic carbocycles. The SMILES string of the molecule is O=C(CCc1ccc(Cl)cc1)NCCNC(=O)COc1ccccc1. The number of hydrogen-bond donors (Lipinski definition) is 2. The van der Waals surface area contributed by atoms with Gasteiger partial charge in [-0.1, -0.05) is 41.9 Å². The van der Waals surface area contributed by atoms with Gasteiger partial charge in [-0.3, -0.25) is 9.59 Å². The Morgan fingerprint density at radius 3 is 2.20 bits per heavy atom. The summed E-state index contributed by atoms with van der Waals surface area (Å²) >= 11 is 5.82. The minimum absolute atomic E-state index is 0.0471. The molecule has 5 nitrogen and oxygen atoms in total. The number of nitrogens with one attached hydrogen (secondary N) is 2. The Kier molecular flexibility index (Phi) is 7.79. The molecule has 0 unspecified atom stereocenters. The van der Waals surface area contributed by atoms with Crippen LogP contribution in [0.5, 0.6) is 5.75 Å². The molecule has 2 amide bonds. The van der Waals surface area contributed by atoms with E-state index >= 15 is 0 Å². The van der Waals surface area contributed by atoms with Crippen LogP contribution in [-0.4, -0.2) is 31.5 Å². The number of hydrogen-bond acceptors (Lipinski definition) is 3. The minimum atomic E-state index is -0.223. The van der Waals surface area contributed by atoms with Gasteiger partial charge in [-0.25, -0.2) is 0 Å². The number of aryl methyl sites for hydroxylation is 1. The molecule has 0 fully saturated rings. The summed E-state index contributed by atoms with van der Waals surface area (Å²) in [6, 6.07) is 16.6. The van der Waals surface area contributed by atoms with Crippen molar-refractivity contribution in [3.63, 3.8) is 0 Å². The summed E-state index contributed by atoms with van der Waals surface area (Å²) in [4.78, 5) is 23.4. The fraction of sp³-hybridized carbons (Fsp3) is 0.263. The Hall–Kier alpha value is -2.53. The third-order valence-electron chi connectivity index (χ3n) is 3.44. The van der Waals surface area contributed by atoms with Crippen LogP contribution in [0.1, 0.15) is 12.0 Å². The standard InChI is InChI=1S/C19H21ClN2O3/c20-16-9-6-15(7-10-16)8-11-18(23)21-12-13-22-19(24)14-25-17-4-2-1-3-5-17/h1-7,9-10H,8,11-14H2,(H,21,23)(H,22,24). The number of rotatable bonds is 9. The monoisotopic (exact) mass is 360 g/mol. The van der Waals surface area contributed by atoms with Crippen LogP contribution in [0.4, 0.5) is 0 Å². The van der Waals surface area contributed by atoms with E-state index in [1.54, 1.807) is 12.1 Å². The summed E-state index contributed by atoms with van der Waals surface area (Å²) in [6.07, 6.45) is 1.05. The predicted octanol–water partition coefficient (Wildman–Crippen LogP) is 2.58. The first-order chi connectivity index (χ1) is 12.1. The molecule has 2 rings (SSSR count). The highest BCUT2D eigenvalue weighted by Crippen LogP contribution is 2.10. The number of benzene rings is 2. The molecule has 0 aliphatic heterocycles. The van der Waals surface area contributed by atoms with Crippen LogP contribution in [0.2, 0.25) is 5.02 Å². The molecular weight excluding hydrogens is 340 g/mol. The molecule has 0 saturated heterocycles. The van der Waals surface area contributed by atoms with Crippen LogP contribution in [0.15, 0.2) is 54.6 Å². The van der Waals surface area contributed by atoms with Crippen molar-refractivity contribution >= 4 is 23.4 Å². The summed E-state index contributed by atoms with van der Waals surface area (Å²) in [5, 5.41) is 6.15. The van der Waals surface area contributed by atoms with Gasteiger partial charge in [0.25, 0.3) is 5.91 Å². The fourth-order valence-corrected chi connectivity index (χ4v) is 2.24. The lowest BCUT2D eigenvalue weighted by molar-refractivity contribution is -0.124. The van der Waals surface area contributed by atoms with Crippen molar-refractivity contribution in [2.24, 2.45) is 0 Å². The van der Waals surface area contributed by atoms with Gasteiger partial charge in [0.15, 0.2) is 6.61 Å². The van der Waals surface area contributed by atoms with Crippen molar-refractivity contribution in [2.45, 2.75) is 12.8 Å². The number of carbonyl (C=O) groups excluding carboxylic acids is 2. The molecule has 0 bridgehead atoms. The van der Waals surface area contributed by atoms with E-state index in [1.807, 2.05) is 42.5 Å². The summed E-state index contributed by atoms with van der Waals surface area (Å²) in [6.45, 7) is 0.703. The zero-order chi connectivity index (χ0) is 17.9. The van der Waals surface area contributed by atoms with Crippen molar-refractivity contribution in [2.75, 3.05) is 19.7 Å². The maximum absolute atomic E-state index is 11.8. The highest BCUT2D eigenvalue weighted by molar-refractivity contribution is 6.30. The first-order valence-electron chi connectivity index (χ1n) is 8.09. The average molecular weight is 361 g/mol. The third-order valence-corrected chi connectivity index (χ3v) is 3.69. The van der Waals surface area contributed by atoms with Gasteiger partial charge in [-0.2, -0.15) is 0 Å². The Balaban J connectivity index is 1.53. The second kappa shape index (κ2) is 10.4. The van der Waals surface area contributed by atoms with Gasteiger partial charge in [-0.15, -0.1) is 0 Å². The van der Waals surface area contributed by atoms with E-state index in [0.717, 1.165) is 5.56 Å². The molecular formula is C19H21ClN2O3. The van der Waals surface area contributed by atoms with Gasteiger partial charge in [-0.05, 0) is 36.2 Å². The Morgan fingerprint density at radius 1 is 0.880 bits per heavy atom. The van der Waals surface area contributed by atoms with Crippen molar-refractivity contribution in [1.82, 2.24) is 10.6 Å². The molecule has 132 valence electrons. The first kappa shape index (κ1) is 18.8. The maximum atomic E-state index is 11.8. The average Bonchev–Trinajstić information content (AvgIpc) is 2.64. The van der Waals surface area contributed by atoms with Gasteiger partial charge in [0.1, 0.15) is 5.75 Å². The van der Waals surface area contributed by atoms with Crippen LogP contribution in [-0.2, 0) is 16.0 Å². The van der Waals surface area contributed by atoms with Crippen molar-refractivity contribution in [3.8, 4) is 5.75 Å². The van der Waals surface area contributed by atoms with E-state index in [4.69, 9.17) is 16.3 Å². The van der Waals surface area contributed by atoms with Crippen LogP contribution in [0.3, 0.4) is 0 Å². The summed E-state index contributed by atoms with van der Waals surface area (Å²) < 4.78 is 5.33. The molecule has 2 aromatic rings. The lowest BCUT2D eigenvalue weighted by Gasteiger charge is -2.08. The molecule has 2 N–H and O–H groups in total. The van der Waals surface area contributed by atoms with Crippen LogP contribution >= 0.6 is 11.6 Å². The van der Waals surface area contributed by atoms with E-state index < -0.39 is 0 Å². The van der Waals surface area contributed by atoms with Gasteiger partial charge in [0.2, 0.25) is 5.91 Å². The molecule has 0 atom stereocenters. The summed E-state index contributed by atoms with van der Waals surface area (Å²) in [5.74, 6) is 0.372. The van der Waals surface area contributed by atoms with Crippen molar-refractivity contribution in [1.29, 1.82) is 0 Å². The fourth-order valence-electron chi connectivity index (χ4n) is 2.12. The Morgan fingerprint density at radius 2 is 1.52 bits per heavy atom. The Labute approximate surface area is 152 Å². The predicted molar refractivity (Wildman–Crippen MR) is 97.7 cm³/mol. The lowest BCUT2D eigenvalue weighted by Crippen LogP contribution is -2.36. The van der Waals surface area contributed by atoms with Crippen LogP contribution in [0, 0.1) is 0 Å². The molecule has 0 heterocycles. The summed E-state index contributed by atoms with van der Waals surface area (Å²) in [5.41, 5.74) is 1.06. The number of ether oxygens (including phenoxy) is 1. The smallest absolute Gasteiger partial charge is 0.258 e. The van der Waals surface area contributed by atoms with Crippen molar-refractivity contribution in [3.05, 3.63) is 65.2 Å². The van der Waals surface area contributed by atoms with Gasteiger partial charge >= 0.3 is 0 Å². The molecule has 25 heavy (non-hydrogen) atoms. The molecule has 0 spiro atoms. The normalized spacial score (nSPS) is 10.1. The topological polar surface area (TPSA) is 67.4 Å². The molecule has 6 heteroatoms. The molecule has 2 aromatic carbocycles. The molecule has 0 radical (unpaired) electrons. The van der Waals surface area contributed by atoms with Crippen LogP contribution in [0.25, 0.3) is 0 Å². The highest BCUT2D eigenvalue weighted by atomic mass is 35.5. The van der Waals surface area contributed by atoms with E-state index in [0.29, 0.717) is 36.7 Å².